The molecule has 2 aromatic rings. The molecule has 2 rings (SSSR count). The first kappa shape index (κ1) is 19.0. The van der Waals surface area contributed by atoms with Gasteiger partial charge in [-0.1, -0.05) is 12.1 Å². The standard InChI is InChI=1S/C19H20N2O5/c1-25-14-7-3-12(4-8-14)18(16(22)11-17(23)21-24)19(20)13-5-9-15(26-2)10-6-13/h3-10,24H,11,20H2,1-2H3,(H,21,23)/b19-18-. The first-order valence-corrected chi connectivity index (χ1v) is 7.75. The summed E-state index contributed by atoms with van der Waals surface area (Å²) in [6.07, 6.45) is -0.533. The molecule has 0 saturated carbocycles. The number of carbonyl (C=O) groups excluding carboxylic acids is 2. The number of methoxy groups -OCH3 is 2. The zero-order valence-electron chi connectivity index (χ0n) is 14.5. The second-order valence-corrected chi connectivity index (χ2v) is 5.38. The predicted molar refractivity (Wildman–Crippen MR) is 96.5 cm³/mol. The number of ether oxygens (including phenoxy) is 2. The topological polar surface area (TPSA) is 111 Å². The molecule has 7 heteroatoms. The number of carbonyl (C=O) groups is 2. The molecule has 0 aliphatic rings. The molecule has 0 aliphatic heterocycles. The number of Topliss-reactive ketones (excluding diaryl/α,β-unsaturated/α-hetero) is 1. The molecule has 0 fully saturated rings. The summed E-state index contributed by atoms with van der Waals surface area (Å²) >= 11 is 0. The normalized spacial score (nSPS) is 11.3. The maximum Gasteiger partial charge on any atom is 0.251 e. The molecule has 136 valence electrons. The lowest BCUT2D eigenvalue weighted by Crippen LogP contribution is -2.23. The third-order valence-electron chi connectivity index (χ3n) is 3.77. The van der Waals surface area contributed by atoms with E-state index < -0.39 is 18.1 Å². The Bertz CT molecular complexity index is 811. The van der Waals surface area contributed by atoms with E-state index in [4.69, 9.17) is 20.4 Å². The minimum absolute atomic E-state index is 0.182. The second-order valence-electron chi connectivity index (χ2n) is 5.38. The Kier molecular flexibility index (Phi) is 6.35. The van der Waals surface area contributed by atoms with Crippen molar-refractivity contribution in [3.05, 3.63) is 59.7 Å². The Hall–Kier alpha value is -3.32. The van der Waals surface area contributed by atoms with E-state index in [1.54, 1.807) is 55.6 Å². The molecule has 0 aromatic heterocycles. The number of nitrogens with two attached hydrogens (primary N) is 1. The molecule has 26 heavy (non-hydrogen) atoms. The molecule has 0 unspecified atom stereocenters. The molecule has 0 heterocycles. The van der Waals surface area contributed by atoms with E-state index in [0.29, 0.717) is 22.6 Å². The van der Waals surface area contributed by atoms with Gasteiger partial charge in [0.15, 0.2) is 5.78 Å². The highest BCUT2D eigenvalue weighted by molar-refractivity contribution is 6.30. The van der Waals surface area contributed by atoms with Crippen LogP contribution in [0, 0.1) is 0 Å². The van der Waals surface area contributed by atoms with E-state index in [2.05, 4.69) is 0 Å². The van der Waals surface area contributed by atoms with Gasteiger partial charge in [0.05, 0.1) is 26.3 Å². The molecule has 0 bridgehead atoms. The zero-order valence-corrected chi connectivity index (χ0v) is 14.5. The predicted octanol–water partition coefficient (Wildman–Crippen LogP) is 2.00. The lowest BCUT2D eigenvalue weighted by molar-refractivity contribution is -0.132. The summed E-state index contributed by atoms with van der Waals surface area (Å²) in [6.45, 7) is 0. The van der Waals surface area contributed by atoms with Crippen molar-refractivity contribution in [3.8, 4) is 11.5 Å². The number of nitrogens with one attached hydrogen (secondary N) is 1. The van der Waals surface area contributed by atoms with Crippen molar-refractivity contribution in [2.45, 2.75) is 6.42 Å². The van der Waals surface area contributed by atoms with E-state index in [0.717, 1.165) is 0 Å². The number of hydrogen-bond donors (Lipinski definition) is 3. The highest BCUT2D eigenvalue weighted by Gasteiger charge is 2.20. The Labute approximate surface area is 151 Å². The SMILES string of the molecule is COc1ccc(/C(N)=C(/C(=O)CC(=O)NO)c2ccc(OC)cc2)cc1. The largest absolute Gasteiger partial charge is 0.497 e. The van der Waals surface area contributed by atoms with Crippen molar-refractivity contribution in [2.75, 3.05) is 14.2 Å². The average molecular weight is 356 g/mol. The molecule has 0 aliphatic carbocycles. The van der Waals surface area contributed by atoms with E-state index in [1.807, 2.05) is 0 Å². The monoisotopic (exact) mass is 356 g/mol. The number of allylic oxidation sites excluding steroid dienone is 1. The minimum Gasteiger partial charge on any atom is -0.497 e. The summed E-state index contributed by atoms with van der Waals surface area (Å²) in [5.41, 5.74) is 9.24. The van der Waals surface area contributed by atoms with E-state index in [-0.39, 0.29) is 11.3 Å². The highest BCUT2D eigenvalue weighted by Crippen LogP contribution is 2.27. The number of amides is 1. The van der Waals surface area contributed by atoms with Crippen LogP contribution < -0.4 is 20.7 Å². The summed E-state index contributed by atoms with van der Waals surface area (Å²) in [7, 11) is 3.09. The molecular formula is C19H20N2O5. The van der Waals surface area contributed by atoms with Crippen LogP contribution in [0.4, 0.5) is 0 Å². The van der Waals surface area contributed by atoms with Crippen molar-refractivity contribution in [2.24, 2.45) is 5.73 Å². The lowest BCUT2D eigenvalue weighted by Gasteiger charge is -2.13. The molecule has 1 amide bonds. The fraction of sp³-hybridized carbons (Fsp3) is 0.158. The van der Waals surface area contributed by atoms with Gasteiger partial charge in [0, 0.05) is 5.57 Å². The van der Waals surface area contributed by atoms with Crippen LogP contribution in [-0.2, 0) is 9.59 Å². The molecular weight excluding hydrogens is 336 g/mol. The van der Waals surface area contributed by atoms with E-state index >= 15 is 0 Å². The molecule has 7 nitrogen and oxygen atoms in total. The second kappa shape index (κ2) is 8.68. The Morgan fingerprint density at radius 2 is 1.38 bits per heavy atom. The van der Waals surface area contributed by atoms with Gasteiger partial charge in [0.25, 0.3) is 5.91 Å². The molecule has 0 spiro atoms. The van der Waals surface area contributed by atoms with Crippen LogP contribution in [0.3, 0.4) is 0 Å². The smallest absolute Gasteiger partial charge is 0.251 e. The van der Waals surface area contributed by atoms with Crippen LogP contribution in [0.25, 0.3) is 11.3 Å². The van der Waals surface area contributed by atoms with Crippen LogP contribution >= 0.6 is 0 Å². The van der Waals surface area contributed by atoms with Crippen LogP contribution in [0.1, 0.15) is 17.5 Å². The number of benzene rings is 2. The van der Waals surface area contributed by atoms with Crippen LogP contribution in [0.5, 0.6) is 11.5 Å². The maximum atomic E-state index is 12.6. The highest BCUT2D eigenvalue weighted by atomic mass is 16.5. The number of rotatable bonds is 7. The van der Waals surface area contributed by atoms with Crippen molar-refractivity contribution < 1.29 is 24.3 Å². The van der Waals surface area contributed by atoms with E-state index in [9.17, 15) is 9.59 Å². The third-order valence-corrected chi connectivity index (χ3v) is 3.77. The Morgan fingerprint density at radius 3 is 1.81 bits per heavy atom. The summed E-state index contributed by atoms with van der Waals surface area (Å²) in [5, 5.41) is 8.69. The van der Waals surface area contributed by atoms with Gasteiger partial charge in [-0.3, -0.25) is 14.8 Å². The van der Waals surface area contributed by atoms with Crippen LogP contribution in [0.15, 0.2) is 48.5 Å². The van der Waals surface area contributed by atoms with Gasteiger partial charge < -0.3 is 15.2 Å². The molecule has 0 radical (unpaired) electrons. The third kappa shape index (κ3) is 4.40. The maximum absolute atomic E-state index is 12.6. The summed E-state index contributed by atoms with van der Waals surface area (Å²) in [6, 6.07) is 13.6. The molecule has 4 N–H and O–H groups in total. The fourth-order valence-corrected chi connectivity index (χ4v) is 2.41. The Balaban J connectivity index is 2.52. The average Bonchev–Trinajstić information content (AvgIpc) is 2.68. The summed E-state index contributed by atoms with van der Waals surface area (Å²) in [5.74, 6) is -0.0613. The van der Waals surface area contributed by atoms with Gasteiger partial charge in [-0.2, -0.15) is 0 Å². The van der Waals surface area contributed by atoms with Crippen LogP contribution in [0.2, 0.25) is 0 Å². The van der Waals surface area contributed by atoms with Crippen molar-refractivity contribution in [3.63, 3.8) is 0 Å². The Morgan fingerprint density at radius 1 is 0.923 bits per heavy atom. The van der Waals surface area contributed by atoms with Crippen molar-refractivity contribution in [1.29, 1.82) is 0 Å². The van der Waals surface area contributed by atoms with Gasteiger partial charge in [0.2, 0.25) is 0 Å². The minimum atomic E-state index is -0.816. The number of hydrogen-bond acceptors (Lipinski definition) is 6. The number of hydroxylamine groups is 1. The van der Waals surface area contributed by atoms with Gasteiger partial charge in [-0.25, -0.2) is 5.48 Å². The fourth-order valence-electron chi connectivity index (χ4n) is 2.41. The van der Waals surface area contributed by atoms with E-state index in [1.165, 1.54) is 12.6 Å². The van der Waals surface area contributed by atoms with Gasteiger partial charge in [0.1, 0.15) is 11.5 Å². The van der Waals surface area contributed by atoms with Gasteiger partial charge >= 0.3 is 0 Å². The van der Waals surface area contributed by atoms with Crippen molar-refractivity contribution >= 4 is 23.0 Å². The molecule has 0 saturated heterocycles. The zero-order chi connectivity index (χ0) is 19.1. The number of ketones is 1. The summed E-state index contributed by atoms with van der Waals surface area (Å²) in [4.78, 5) is 24.1. The summed E-state index contributed by atoms with van der Waals surface area (Å²) < 4.78 is 10.2. The quantitative estimate of drug-likeness (QED) is 0.230. The lowest BCUT2D eigenvalue weighted by atomic mass is 9.94. The van der Waals surface area contributed by atoms with Crippen molar-refractivity contribution in [1.82, 2.24) is 5.48 Å². The molecule has 0 atom stereocenters. The van der Waals surface area contributed by atoms with Gasteiger partial charge in [-0.15, -0.1) is 0 Å². The first-order chi connectivity index (χ1) is 12.5. The van der Waals surface area contributed by atoms with Crippen LogP contribution in [-0.4, -0.2) is 31.1 Å². The van der Waals surface area contributed by atoms with Gasteiger partial charge in [-0.05, 0) is 47.5 Å². The first-order valence-electron chi connectivity index (χ1n) is 7.75. The molecule has 2 aromatic carbocycles.